The highest BCUT2D eigenvalue weighted by Gasteiger charge is 2.48. The molecule has 1 aliphatic rings. The minimum absolute atomic E-state index is 0.0750. The third kappa shape index (κ3) is 6.56. The number of carboxylic acid groups (broad SMARTS) is 1. The van der Waals surface area contributed by atoms with Crippen LogP contribution in [0, 0.1) is 0 Å². The van der Waals surface area contributed by atoms with Crippen LogP contribution < -0.4 is 0 Å². The van der Waals surface area contributed by atoms with Gasteiger partial charge in [0.1, 0.15) is 0 Å². The normalized spacial score (nSPS) is 17.6. The Morgan fingerprint density at radius 1 is 0.892 bits per heavy atom. The third-order valence-corrected chi connectivity index (χ3v) is 7.24. The predicted octanol–water partition coefficient (Wildman–Crippen LogP) is 5.75. The number of nitrogens with zero attached hydrogens (tertiary/aromatic N) is 3. The van der Waals surface area contributed by atoms with Gasteiger partial charge in [-0.3, -0.25) is 19.6 Å². The standard InChI is InChI=1S/C29H32F3N3O2/c1-28(2,29(30,31)32)25-9-7-24(8-10-25)23-5-3-21(4-6-23)19-35-16-15-34(20-26(35)17-27(36)37)18-22-11-13-33-14-12-22/h3-14,26H,15-20H2,1-2H3,(H,36,37)/t26-/m0/s1. The number of benzene rings is 2. The number of hydrogen-bond acceptors (Lipinski definition) is 4. The second-order valence-electron chi connectivity index (χ2n) is 10.2. The lowest BCUT2D eigenvalue weighted by molar-refractivity contribution is -0.180. The van der Waals surface area contributed by atoms with Gasteiger partial charge in [-0.15, -0.1) is 0 Å². The first-order chi connectivity index (χ1) is 17.5. The minimum atomic E-state index is -4.32. The SMILES string of the molecule is CC(C)(c1ccc(-c2ccc(CN3CCN(Cc4ccncc4)C[C@@H]3CC(=O)O)cc2)cc1)C(F)(F)F. The van der Waals surface area contributed by atoms with Crippen LogP contribution in [-0.2, 0) is 23.3 Å². The van der Waals surface area contributed by atoms with E-state index in [-0.39, 0.29) is 18.0 Å². The summed E-state index contributed by atoms with van der Waals surface area (Å²) in [5.41, 5.74) is 2.31. The average molecular weight is 512 g/mol. The first kappa shape index (κ1) is 26.8. The lowest BCUT2D eigenvalue weighted by Crippen LogP contribution is -2.52. The summed E-state index contributed by atoms with van der Waals surface area (Å²) in [6, 6.07) is 18.3. The zero-order chi connectivity index (χ0) is 26.6. The van der Waals surface area contributed by atoms with Crippen molar-refractivity contribution in [1.29, 1.82) is 0 Å². The van der Waals surface area contributed by atoms with Crippen LogP contribution in [0.25, 0.3) is 11.1 Å². The monoisotopic (exact) mass is 511 g/mol. The van der Waals surface area contributed by atoms with Crippen molar-refractivity contribution >= 4 is 5.97 Å². The molecule has 1 saturated heterocycles. The number of alkyl halides is 3. The molecular formula is C29H32F3N3O2. The molecule has 4 rings (SSSR count). The van der Waals surface area contributed by atoms with Crippen LogP contribution in [0.4, 0.5) is 13.2 Å². The molecule has 2 aromatic carbocycles. The molecule has 2 heterocycles. The van der Waals surface area contributed by atoms with Gasteiger partial charge in [0.15, 0.2) is 0 Å². The van der Waals surface area contributed by atoms with E-state index in [0.717, 1.165) is 41.9 Å². The molecule has 1 aromatic heterocycles. The van der Waals surface area contributed by atoms with Gasteiger partial charge in [0.25, 0.3) is 0 Å². The number of carbonyl (C=O) groups is 1. The maximum atomic E-state index is 13.4. The summed E-state index contributed by atoms with van der Waals surface area (Å²) < 4.78 is 40.1. The molecule has 1 atom stereocenters. The molecule has 1 N–H and O–H groups in total. The van der Waals surface area contributed by atoms with Gasteiger partial charge >= 0.3 is 12.1 Å². The Balaban J connectivity index is 1.41. The Morgan fingerprint density at radius 3 is 2.03 bits per heavy atom. The van der Waals surface area contributed by atoms with Gasteiger partial charge in [-0.2, -0.15) is 13.2 Å². The summed E-state index contributed by atoms with van der Waals surface area (Å²) >= 11 is 0. The molecule has 196 valence electrons. The third-order valence-electron chi connectivity index (χ3n) is 7.24. The Bertz CT molecular complexity index is 1180. The quantitative estimate of drug-likeness (QED) is 0.417. The minimum Gasteiger partial charge on any atom is -0.481 e. The van der Waals surface area contributed by atoms with Gasteiger partial charge in [-0.05, 0) is 53.8 Å². The number of carboxylic acids is 1. The van der Waals surface area contributed by atoms with Crippen LogP contribution >= 0.6 is 0 Å². The van der Waals surface area contributed by atoms with E-state index in [2.05, 4.69) is 14.8 Å². The molecule has 8 heteroatoms. The summed E-state index contributed by atoms with van der Waals surface area (Å²) in [5, 5.41) is 9.49. The molecule has 0 amide bonds. The number of pyridine rings is 1. The van der Waals surface area contributed by atoms with Gasteiger partial charge in [0, 0.05) is 51.2 Å². The fourth-order valence-corrected chi connectivity index (χ4v) is 4.73. The van der Waals surface area contributed by atoms with Crippen LogP contribution in [0.15, 0.2) is 73.1 Å². The molecule has 5 nitrogen and oxygen atoms in total. The fourth-order valence-electron chi connectivity index (χ4n) is 4.73. The topological polar surface area (TPSA) is 56.7 Å². The molecule has 1 aliphatic heterocycles. The van der Waals surface area contributed by atoms with Crippen molar-refractivity contribution in [3.05, 3.63) is 89.7 Å². The average Bonchev–Trinajstić information content (AvgIpc) is 2.86. The molecular weight excluding hydrogens is 479 g/mol. The smallest absolute Gasteiger partial charge is 0.397 e. The number of aromatic nitrogens is 1. The van der Waals surface area contributed by atoms with Crippen molar-refractivity contribution in [2.45, 2.75) is 51.0 Å². The van der Waals surface area contributed by atoms with Crippen molar-refractivity contribution in [1.82, 2.24) is 14.8 Å². The van der Waals surface area contributed by atoms with Gasteiger partial charge in [-0.1, -0.05) is 48.5 Å². The van der Waals surface area contributed by atoms with Gasteiger partial charge in [0.2, 0.25) is 0 Å². The molecule has 0 radical (unpaired) electrons. The lowest BCUT2D eigenvalue weighted by Gasteiger charge is -2.41. The molecule has 0 unspecified atom stereocenters. The molecule has 3 aromatic rings. The van der Waals surface area contributed by atoms with Crippen molar-refractivity contribution in [3.8, 4) is 11.1 Å². The Labute approximate surface area is 215 Å². The second kappa shape index (κ2) is 11.0. The van der Waals surface area contributed by atoms with E-state index in [4.69, 9.17) is 0 Å². The van der Waals surface area contributed by atoms with Crippen LogP contribution in [0.3, 0.4) is 0 Å². The van der Waals surface area contributed by atoms with Crippen molar-refractivity contribution in [2.75, 3.05) is 19.6 Å². The highest BCUT2D eigenvalue weighted by molar-refractivity contribution is 5.67. The van der Waals surface area contributed by atoms with E-state index in [1.807, 2.05) is 36.4 Å². The number of rotatable bonds is 8. The fraction of sp³-hybridized carbons (Fsp3) is 0.379. The Hall–Kier alpha value is -3.23. The van der Waals surface area contributed by atoms with Crippen LogP contribution in [0.1, 0.15) is 37.0 Å². The van der Waals surface area contributed by atoms with E-state index in [1.165, 1.54) is 13.8 Å². The van der Waals surface area contributed by atoms with E-state index < -0.39 is 17.6 Å². The molecule has 0 spiro atoms. The number of halogens is 3. The maximum Gasteiger partial charge on any atom is 0.397 e. The van der Waals surface area contributed by atoms with E-state index >= 15 is 0 Å². The molecule has 0 bridgehead atoms. The summed E-state index contributed by atoms with van der Waals surface area (Å²) in [5.74, 6) is -0.812. The summed E-state index contributed by atoms with van der Waals surface area (Å²) in [7, 11) is 0. The molecule has 37 heavy (non-hydrogen) atoms. The number of aliphatic carboxylic acids is 1. The van der Waals surface area contributed by atoms with Crippen LogP contribution in [-0.4, -0.2) is 57.7 Å². The van der Waals surface area contributed by atoms with Crippen molar-refractivity contribution in [2.24, 2.45) is 0 Å². The first-order valence-corrected chi connectivity index (χ1v) is 12.4. The molecule has 0 aliphatic carbocycles. The second-order valence-corrected chi connectivity index (χ2v) is 10.2. The van der Waals surface area contributed by atoms with E-state index in [0.29, 0.717) is 13.1 Å². The molecule has 0 saturated carbocycles. The van der Waals surface area contributed by atoms with Crippen LogP contribution in [0.2, 0.25) is 0 Å². The van der Waals surface area contributed by atoms with Gasteiger partial charge in [0.05, 0.1) is 11.8 Å². The molecule has 1 fully saturated rings. The highest BCUT2D eigenvalue weighted by atomic mass is 19.4. The van der Waals surface area contributed by atoms with E-state index in [9.17, 15) is 23.1 Å². The van der Waals surface area contributed by atoms with Gasteiger partial charge in [-0.25, -0.2) is 0 Å². The zero-order valence-corrected chi connectivity index (χ0v) is 21.1. The predicted molar refractivity (Wildman–Crippen MR) is 137 cm³/mol. The van der Waals surface area contributed by atoms with Crippen molar-refractivity contribution in [3.63, 3.8) is 0 Å². The van der Waals surface area contributed by atoms with Gasteiger partial charge < -0.3 is 5.11 Å². The summed E-state index contributed by atoms with van der Waals surface area (Å²) in [6.45, 7) is 6.06. The largest absolute Gasteiger partial charge is 0.481 e. The Kier molecular flexibility index (Phi) is 7.99. The summed E-state index contributed by atoms with van der Waals surface area (Å²) in [6.07, 6.45) is -0.714. The number of piperazine rings is 1. The Morgan fingerprint density at radius 2 is 1.46 bits per heavy atom. The van der Waals surface area contributed by atoms with Crippen LogP contribution in [0.5, 0.6) is 0 Å². The highest BCUT2D eigenvalue weighted by Crippen LogP contribution is 2.40. The number of hydrogen-bond donors (Lipinski definition) is 1. The first-order valence-electron chi connectivity index (χ1n) is 12.4. The zero-order valence-electron chi connectivity index (χ0n) is 21.1. The van der Waals surface area contributed by atoms with E-state index in [1.54, 1.807) is 36.7 Å². The van der Waals surface area contributed by atoms with Crippen molar-refractivity contribution < 1.29 is 23.1 Å². The maximum absolute atomic E-state index is 13.4. The lowest BCUT2D eigenvalue weighted by atomic mass is 9.83. The summed E-state index contributed by atoms with van der Waals surface area (Å²) in [4.78, 5) is 20.1.